The first kappa shape index (κ1) is 12.0. The molecule has 0 saturated heterocycles. The molecule has 1 N–H and O–H groups in total. The number of aliphatic hydroxyl groups excluding tert-OH is 1. The van der Waals surface area contributed by atoms with Gasteiger partial charge in [-0.15, -0.1) is 6.58 Å². The van der Waals surface area contributed by atoms with E-state index in [1.54, 1.807) is 6.08 Å². The molecule has 0 aliphatic carbocycles. The van der Waals surface area contributed by atoms with E-state index >= 15 is 0 Å². The molecule has 0 saturated carbocycles. The molecule has 1 aromatic carbocycles. The predicted molar refractivity (Wildman–Crippen MR) is 61.6 cm³/mol. The van der Waals surface area contributed by atoms with Crippen molar-refractivity contribution in [1.29, 1.82) is 0 Å². The minimum atomic E-state index is -0.579. The fourth-order valence-corrected chi connectivity index (χ4v) is 1.53. The van der Waals surface area contributed by atoms with Crippen LogP contribution in [0.15, 0.2) is 43.0 Å². The Bertz CT molecular complexity index is 282. The molecule has 1 aromatic rings. The largest absolute Gasteiger partial charge is 0.386 e. The van der Waals surface area contributed by atoms with Crippen LogP contribution in [0.25, 0.3) is 0 Å². The summed E-state index contributed by atoms with van der Waals surface area (Å²) in [5, 5.41) is 10.1. The van der Waals surface area contributed by atoms with Crippen molar-refractivity contribution in [2.75, 3.05) is 6.61 Å². The van der Waals surface area contributed by atoms with Crippen LogP contribution >= 0.6 is 0 Å². The quantitative estimate of drug-likeness (QED) is 0.725. The number of rotatable bonds is 6. The molecule has 2 heteroatoms. The fourth-order valence-electron chi connectivity index (χ4n) is 1.53. The summed E-state index contributed by atoms with van der Waals surface area (Å²) >= 11 is 0. The Balaban J connectivity index is 2.71. The van der Waals surface area contributed by atoms with E-state index in [2.05, 4.69) is 6.58 Å². The molecule has 0 fully saturated rings. The molecule has 0 spiro atoms. The Labute approximate surface area is 91.2 Å². The molecule has 15 heavy (non-hydrogen) atoms. The van der Waals surface area contributed by atoms with Gasteiger partial charge in [0.05, 0.1) is 6.10 Å². The second-order valence-corrected chi connectivity index (χ2v) is 3.37. The third kappa shape index (κ3) is 3.50. The summed E-state index contributed by atoms with van der Waals surface area (Å²) in [7, 11) is 0. The molecule has 2 atom stereocenters. The van der Waals surface area contributed by atoms with Crippen molar-refractivity contribution in [3.8, 4) is 0 Å². The van der Waals surface area contributed by atoms with Gasteiger partial charge >= 0.3 is 0 Å². The van der Waals surface area contributed by atoms with E-state index in [-0.39, 0.29) is 6.10 Å². The number of aliphatic hydroxyl groups is 1. The Hall–Kier alpha value is -1.12. The Morgan fingerprint density at radius 3 is 2.60 bits per heavy atom. The van der Waals surface area contributed by atoms with E-state index in [1.165, 1.54) is 0 Å². The van der Waals surface area contributed by atoms with Crippen LogP contribution < -0.4 is 0 Å². The first-order chi connectivity index (χ1) is 7.29. The molecule has 0 bridgehead atoms. The van der Waals surface area contributed by atoms with Crippen molar-refractivity contribution in [3.05, 3.63) is 48.6 Å². The molecular weight excluding hydrogens is 188 g/mol. The highest BCUT2D eigenvalue weighted by Crippen LogP contribution is 2.21. The molecule has 0 aliphatic rings. The van der Waals surface area contributed by atoms with E-state index in [1.807, 2.05) is 37.3 Å². The maximum absolute atomic E-state index is 10.1. The number of hydrogen-bond donors (Lipinski definition) is 1. The first-order valence-corrected chi connectivity index (χ1v) is 5.25. The van der Waals surface area contributed by atoms with Gasteiger partial charge in [-0.1, -0.05) is 36.4 Å². The zero-order chi connectivity index (χ0) is 11.1. The third-order valence-electron chi connectivity index (χ3n) is 2.27. The molecular formula is C13H18O2. The molecule has 0 aliphatic heterocycles. The van der Waals surface area contributed by atoms with Crippen molar-refractivity contribution < 1.29 is 9.84 Å². The summed E-state index contributed by atoms with van der Waals surface area (Å²) in [6.07, 6.45) is 1.65. The van der Waals surface area contributed by atoms with Gasteiger partial charge in [-0.3, -0.25) is 0 Å². The van der Waals surface area contributed by atoms with E-state index in [0.29, 0.717) is 13.0 Å². The molecule has 82 valence electrons. The summed E-state index contributed by atoms with van der Waals surface area (Å²) < 4.78 is 5.48. The van der Waals surface area contributed by atoms with Gasteiger partial charge in [0.2, 0.25) is 0 Å². The average Bonchev–Trinajstić information content (AvgIpc) is 2.29. The van der Waals surface area contributed by atoms with Crippen molar-refractivity contribution in [1.82, 2.24) is 0 Å². The Morgan fingerprint density at radius 2 is 2.07 bits per heavy atom. The first-order valence-electron chi connectivity index (χ1n) is 5.25. The lowest BCUT2D eigenvalue weighted by Crippen LogP contribution is -2.21. The maximum Gasteiger partial charge on any atom is 0.105 e. The molecule has 0 amide bonds. The zero-order valence-corrected chi connectivity index (χ0v) is 9.10. The van der Waals surface area contributed by atoms with Gasteiger partial charge in [0.15, 0.2) is 0 Å². The van der Waals surface area contributed by atoms with E-state index in [4.69, 9.17) is 4.74 Å². The smallest absolute Gasteiger partial charge is 0.105 e. The Kier molecular flexibility index (Phi) is 5.08. The summed E-state index contributed by atoms with van der Waals surface area (Å²) in [6.45, 7) is 6.19. The van der Waals surface area contributed by atoms with Gasteiger partial charge in [-0.2, -0.15) is 0 Å². The van der Waals surface area contributed by atoms with E-state index < -0.39 is 6.10 Å². The normalized spacial score (nSPS) is 14.5. The lowest BCUT2D eigenvalue weighted by molar-refractivity contribution is -0.0318. The number of benzene rings is 1. The van der Waals surface area contributed by atoms with Crippen molar-refractivity contribution in [2.45, 2.75) is 25.6 Å². The lowest BCUT2D eigenvalue weighted by atomic mass is 10.0. The zero-order valence-electron chi connectivity index (χ0n) is 9.10. The van der Waals surface area contributed by atoms with Crippen LogP contribution in [-0.4, -0.2) is 17.8 Å². The monoisotopic (exact) mass is 206 g/mol. The summed E-state index contributed by atoms with van der Waals surface area (Å²) in [5.74, 6) is 0. The predicted octanol–water partition coefficient (Wildman–Crippen LogP) is 2.70. The number of hydrogen-bond acceptors (Lipinski definition) is 2. The topological polar surface area (TPSA) is 29.5 Å². The standard InChI is InChI=1S/C13H18O2/c1-3-8-12(15-4-2)13(14)11-9-6-5-7-10-11/h3,5-7,9-10,12-14H,1,4,8H2,2H3. The van der Waals surface area contributed by atoms with Gasteiger partial charge in [0.25, 0.3) is 0 Å². The number of ether oxygens (including phenoxy) is 1. The molecule has 2 nitrogen and oxygen atoms in total. The third-order valence-corrected chi connectivity index (χ3v) is 2.27. The molecule has 0 heterocycles. The van der Waals surface area contributed by atoms with Crippen molar-refractivity contribution >= 4 is 0 Å². The van der Waals surface area contributed by atoms with Crippen LogP contribution in [0.4, 0.5) is 0 Å². The van der Waals surface area contributed by atoms with Crippen LogP contribution in [-0.2, 0) is 4.74 Å². The van der Waals surface area contributed by atoms with Crippen LogP contribution in [0.2, 0.25) is 0 Å². The molecule has 0 aromatic heterocycles. The minimum Gasteiger partial charge on any atom is -0.386 e. The SMILES string of the molecule is C=CCC(OCC)C(O)c1ccccc1. The van der Waals surface area contributed by atoms with Gasteiger partial charge < -0.3 is 9.84 Å². The second-order valence-electron chi connectivity index (χ2n) is 3.37. The van der Waals surface area contributed by atoms with Gasteiger partial charge in [0.1, 0.15) is 6.10 Å². The average molecular weight is 206 g/mol. The minimum absolute atomic E-state index is 0.199. The van der Waals surface area contributed by atoms with Crippen LogP contribution in [0.5, 0.6) is 0 Å². The summed E-state index contributed by atoms with van der Waals surface area (Å²) in [4.78, 5) is 0. The van der Waals surface area contributed by atoms with Gasteiger partial charge in [-0.25, -0.2) is 0 Å². The highest BCUT2D eigenvalue weighted by atomic mass is 16.5. The van der Waals surface area contributed by atoms with Crippen LogP contribution in [0, 0.1) is 0 Å². The molecule has 2 unspecified atom stereocenters. The van der Waals surface area contributed by atoms with Gasteiger partial charge in [-0.05, 0) is 18.9 Å². The van der Waals surface area contributed by atoms with Crippen molar-refractivity contribution in [2.24, 2.45) is 0 Å². The van der Waals surface area contributed by atoms with Crippen molar-refractivity contribution in [3.63, 3.8) is 0 Å². The van der Waals surface area contributed by atoms with E-state index in [9.17, 15) is 5.11 Å². The highest BCUT2D eigenvalue weighted by molar-refractivity contribution is 5.18. The second kappa shape index (κ2) is 6.38. The summed E-state index contributed by atoms with van der Waals surface area (Å²) in [5.41, 5.74) is 0.887. The van der Waals surface area contributed by atoms with E-state index in [0.717, 1.165) is 5.56 Å². The maximum atomic E-state index is 10.1. The molecule has 0 radical (unpaired) electrons. The molecule has 1 rings (SSSR count). The van der Waals surface area contributed by atoms with Crippen LogP contribution in [0.3, 0.4) is 0 Å². The highest BCUT2D eigenvalue weighted by Gasteiger charge is 2.19. The van der Waals surface area contributed by atoms with Crippen LogP contribution in [0.1, 0.15) is 25.0 Å². The lowest BCUT2D eigenvalue weighted by Gasteiger charge is -2.21. The fraction of sp³-hybridized carbons (Fsp3) is 0.385. The van der Waals surface area contributed by atoms with Gasteiger partial charge in [0, 0.05) is 6.61 Å². The Morgan fingerprint density at radius 1 is 1.40 bits per heavy atom. The summed E-state index contributed by atoms with van der Waals surface area (Å²) in [6, 6.07) is 9.56.